The number of rotatable bonds is 8. The van der Waals surface area contributed by atoms with Gasteiger partial charge in [0.2, 0.25) is 0 Å². The van der Waals surface area contributed by atoms with Gasteiger partial charge in [-0.05, 0) is 60.4 Å². The topological polar surface area (TPSA) is 51.0 Å². The molecule has 1 aliphatic rings. The van der Waals surface area contributed by atoms with Gasteiger partial charge in [-0.3, -0.25) is 0 Å². The van der Waals surface area contributed by atoms with Crippen LogP contribution in [0.25, 0.3) is 11.1 Å². The lowest BCUT2D eigenvalue weighted by Crippen LogP contribution is -2.01. The van der Waals surface area contributed by atoms with Gasteiger partial charge < -0.3 is 14.7 Å². The second kappa shape index (κ2) is 8.06. The minimum absolute atomic E-state index is 0.576. The maximum absolute atomic E-state index is 9.58. The fourth-order valence-corrected chi connectivity index (χ4v) is 3.01. The van der Waals surface area contributed by atoms with Crippen molar-refractivity contribution in [3.05, 3.63) is 47.5 Å². The standard InChI is InChI=1S/C21H25NO3/c1-3-5-11-24-15-7-9-17-18-10-8-16(25-12-6-4-2)14-20(18)21(22-23)19(17)13-15/h7-10,13-14,23H,3-6,11-12H2,1-2H3. The summed E-state index contributed by atoms with van der Waals surface area (Å²) in [6, 6.07) is 11.9. The summed E-state index contributed by atoms with van der Waals surface area (Å²) in [5.41, 5.74) is 4.50. The number of fused-ring (bicyclic) bond motifs is 3. The minimum Gasteiger partial charge on any atom is -0.494 e. The Labute approximate surface area is 149 Å². The third-order valence-corrected chi connectivity index (χ3v) is 4.42. The quantitative estimate of drug-likeness (QED) is 0.346. The van der Waals surface area contributed by atoms with Crippen LogP contribution in [-0.2, 0) is 0 Å². The summed E-state index contributed by atoms with van der Waals surface area (Å²) in [5, 5.41) is 13.1. The SMILES string of the molecule is CCCCOc1ccc2c(c1)C(=NO)c1cc(OCCCC)ccc1-2. The van der Waals surface area contributed by atoms with Gasteiger partial charge in [-0.25, -0.2) is 0 Å². The van der Waals surface area contributed by atoms with E-state index >= 15 is 0 Å². The molecule has 4 heteroatoms. The molecule has 0 aromatic heterocycles. The molecule has 0 radical (unpaired) electrons. The summed E-state index contributed by atoms with van der Waals surface area (Å²) in [6.45, 7) is 5.67. The van der Waals surface area contributed by atoms with Crippen molar-refractivity contribution in [2.75, 3.05) is 13.2 Å². The van der Waals surface area contributed by atoms with Crippen LogP contribution in [-0.4, -0.2) is 24.1 Å². The molecule has 0 spiro atoms. The van der Waals surface area contributed by atoms with Gasteiger partial charge >= 0.3 is 0 Å². The van der Waals surface area contributed by atoms with Crippen LogP contribution < -0.4 is 9.47 Å². The first-order valence-corrected chi connectivity index (χ1v) is 9.05. The molecule has 132 valence electrons. The molecule has 25 heavy (non-hydrogen) atoms. The van der Waals surface area contributed by atoms with Gasteiger partial charge in [0.05, 0.1) is 13.2 Å². The van der Waals surface area contributed by atoms with E-state index < -0.39 is 0 Å². The van der Waals surface area contributed by atoms with Crippen LogP contribution in [0, 0.1) is 0 Å². The first kappa shape index (κ1) is 17.3. The average Bonchev–Trinajstić information content (AvgIpc) is 2.94. The predicted octanol–water partition coefficient (Wildman–Crippen LogP) is 5.25. The van der Waals surface area contributed by atoms with Crippen molar-refractivity contribution in [1.29, 1.82) is 0 Å². The van der Waals surface area contributed by atoms with Gasteiger partial charge in [0.1, 0.15) is 17.2 Å². The molecule has 1 aliphatic carbocycles. The number of hydrogen-bond donors (Lipinski definition) is 1. The third-order valence-electron chi connectivity index (χ3n) is 4.42. The summed E-state index contributed by atoms with van der Waals surface area (Å²) in [7, 11) is 0. The van der Waals surface area contributed by atoms with Crippen LogP contribution in [0.5, 0.6) is 11.5 Å². The molecule has 2 aromatic carbocycles. The van der Waals surface area contributed by atoms with Crippen molar-refractivity contribution < 1.29 is 14.7 Å². The largest absolute Gasteiger partial charge is 0.494 e. The van der Waals surface area contributed by atoms with Crippen LogP contribution in [0.2, 0.25) is 0 Å². The van der Waals surface area contributed by atoms with Crippen molar-refractivity contribution in [3.8, 4) is 22.6 Å². The zero-order valence-corrected chi connectivity index (χ0v) is 14.9. The highest BCUT2D eigenvalue weighted by atomic mass is 16.5. The Bertz CT molecular complexity index is 706. The van der Waals surface area contributed by atoms with E-state index in [1.807, 2.05) is 36.4 Å². The third kappa shape index (κ3) is 3.63. The first-order chi connectivity index (χ1) is 12.3. The molecule has 0 saturated carbocycles. The molecular formula is C21H25NO3. The van der Waals surface area contributed by atoms with Crippen LogP contribution in [0.15, 0.2) is 41.6 Å². The van der Waals surface area contributed by atoms with Crippen LogP contribution in [0.3, 0.4) is 0 Å². The Hall–Kier alpha value is -2.49. The van der Waals surface area contributed by atoms with E-state index in [1.54, 1.807) is 0 Å². The zero-order valence-electron chi connectivity index (χ0n) is 14.9. The number of nitrogens with zero attached hydrogens (tertiary/aromatic N) is 1. The van der Waals surface area contributed by atoms with Crippen LogP contribution in [0.1, 0.15) is 50.7 Å². The Morgan fingerprint density at radius 2 is 1.24 bits per heavy atom. The van der Waals surface area contributed by atoms with E-state index in [2.05, 4.69) is 19.0 Å². The zero-order chi connectivity index (χ0) is 17.6. The Kier molecular flexibility index (Phi) is 5.59. The summed E-state index contributed by atoms with van der Waals surface area (Å²) >= 11 is 0. The van der Waals surface area contributed by atoms with Crippen molar-refractivity contribution in [2.24, 2.45) is 5.16 Å². The Morgan fingerprint density at radius 3 is 1.64 bits per heavy atom. The molecule has 0 aliphatic heterocycles. The van der Waals surface area contributed by atoms with Crippen molar-refractivity contribution >= 4 is 5.71 Å². The van der Waals surface area contributed by atoms with E-state index in [9.17, 15) is 5.21 Å². The van der Waals surface area contributed by atoms with Crippen molar-refractivity contribution in [1.82, 2.24) is 0 Å². The van der Waals surface area contributed by atoms with E-state index in [0.717, 1.165) is 59.4 Å². The van der Waals surface area contributed by atoms with E-state index in [4.69, 9.17) is 9.47 Å². The summed E-state index contributed by atoms with van der Waals surface area (Å²) in [4.78, 5) is 0. The molecule has 4 nitrogen and oxygen atoms in total. The molecular weight excluding hydrogens is 314 g/mol. The van der Waals surface area contributed by atoms with Gasteiger partial charge in [0.25, 0.3) is 0 Å². The fraction of sp³-hybridized carbons (Fsp3) is 0.381. The van der Waals surface area contributed by atoms with Crippen molar-refractivity contribution in [2.45, 2.75) is 39.5 Å². The lowest BCUT2D eigenvalue weighted by molar-refractivity contribution is 0.309. The lowest BCUT2D eigenvalue weighted by Gasteiger charge is -2.07. The molecule has 2 aromatic rings. The number of unbranched alkanes of at least 4 members (excludes halogenated alkanes) is 2. The second-order valence-corrected chi connectivity index (χ2v) is 6.27. The minimum atomic E-state index is 0.576. The first-order valence-electron chi connectivity index (χ1n) is 9.05. The summed E-state index contributed by atoms with van der Waals surface area (Å²) < 4.78 is 11.6. The molecule has 0 unspecified atom stereocenters. The fourth-order valence-electron chi connectivity index (χ4n) is 3.01. The van der Waals surface area contributed by atoms with E-state index in [0.29, 0.717) is 18.9 Å². The smallest absolute Gasteiger partial charge is 0.120 e. The molecule has 1 N–H and O–H groups in total. The second-order valence-electron chi connectivity index (χ2n) is 6.27. The predicted molar refractivity (Wildman–Crippen MR) is 100 cm³/mol. The number of ether oxygens (including phenoxy) is 2. The monoisotopic (exact) mass is 339 g/mol. The highest BCUT2D eigenvalue weighted by Gasteiger charge is 2.26. The summed E-state index contributed by atoms with van der Waals surface area (Å²) in [6.07, 6.45) is 4.24. The molecule has 0 atom stereocenters. The molecule has 0 heterocycles. The molecule has 0 amide bonds. The van der Waals surface area contributed by atoms with Gasteiger partial charge in [0.15, 0.2) is 0 Å². The Morgan fingerprint density at radius 1 is 0.760 bits per heavy atom. The molecule has 0 saturated heterocycles. The number of benzene rings is 2. The van der Waals surface area contributed by atoms with Crippen LogP contribution in [0.4, 0.5) is 0 Å². The van der Waals surface area contributed by atoms with Gasteiger partial charge in [-0.1, -0.05) is 31.8 Å². The number of oxime groups is 1. The Balaban J connectivity index is 1.87. The highest BCUT2D eigenvalue weighted by molar-refractivity contribution is 6.24. The van der Waals surface area contributed by atoms with E-state index in [-0.39, 0.29) is 0 Å². The maximum atomic E-state index is 9.58. The van der Waals surface area contributed by atoms with Gasteiger partial charge in [-0.15, -0.1) is 0 Å². The summed E-state index contributed by atoms with van der Waals surface area (Å²) in [5.74, 6) is 1.61. The lowest BCUT2D eigenvalue weighted by atomic mass is 10.1. The molecule has 0 bridgehead atoms. The van der Waals surface area contributed by atoms with Crippen molar-refractivity contribution in [3.63, 3.8) is 0 Å². The van der Waals surface area contributed by atoms with E-state index in [1.165, 1.54) is 0 Å². The van der Waals surface area contributed by atoms with Gasteiger partial charge in [-0.2, -0.15) is 0 Å². The normalized spacial score (nSPS) is 11.8. The van der Waals surface area contributed by atoms with Gasteiger partial charge in [0, 0.05) is 11.1 Å². The molecule has 0 fully saturated rings. The highest BCUT2D eigenvalue weighted by Crippen LogP contribution is 2.40. The molecule has 3 rings (SSSR count). The maximum Gasteiger partial charge on any atom is 0.120 e. The van der Waals surface area contributed by atoms with Crippen LogP contribution >= 0.6 is 0 Å². The average molecular weight is 339 g/mol. The number of hydrogen-bond acceptors (Lipinski definition) is 4.